The van der Waals surface area contributed by atoms with Crippen LogP contribution in [-0.2, 0) is 17.6 Å². The molecule has 18 heavy (non-hydrogen) atoms. The number of methoxy groups -OCH3 is 1. The first-order valence-electron chi connectivity index (χ1n) is 6.78. The summed E-state index contributed by atoms with van der Waals surface area (Å²) >= 11 is 0. The van der Waals surface area contributed by atoms with Gasteiger partial charge in [0.05, 0.1) is 11.2 Å². The second-order valence-electron chi connectivity index (χ2n) is 6.13. The van der Waals surface area contributed by atoms with Crippen molar-refractivity contribution in [3.8, 4) is 0 Å². The van der Waals surface area contributed by atoms with Gasteiger partial charge in [-0.1, -0.05) is 24.3 Å². The van der Waals surface area contributed by atoms with Gasteiger partial charge in [-0.15, -0.1) is 0 Å². The maximum atomic E-state index is 10.7. The minimum absolute atomic E-state index is 0.146. The SMILES string of the molecule is COC(C)(C)CCC1(O)CCc2ccccc2C1. The molecule has 0 amide bonds. The number of aryl methyl sites for hydroxylation is 1. The molecule has 0 heterocycles. The second kappa shape index (κ2) is 5.02. The summed E-state index contributed by atoms with van der Waals surface area (Å²) in [5.74, 6) is 0. The monoisotopic (exact) mass is 248 g/mol. The van der Waals surface area contributed by atoms with E-state index in [0.29, 0.717) is 0 Å². The fourth-order valence-corrected chi connectivity index (χ4v) is 2.63. The van der Waals surface area contributed by atoms with Gasteiger partial charge < -0.3 is 9.84 Å². The number of ether oxygens (including phenoxy) is 1. The van der Waals surface area contributed by atoms with Crippen molar-refractivity contribution in [2.45, 2.75) is 57.2 Å². The topological polar surface area (TPSA) is 29.5 Å². The molecule has 1 aliphatic carbocycles. The van der Waals surface area contributed by atoms with Crippen LogP contribution in [0.5, 0.6) is 0 Å². The van der Waals surface area contributed by atoms with Gasteiger partial charge in [-0.05, 0) is 50.7 Å². The minimum atomic E-state index is -0.551. The van der Waals surface area contributed by atoms with Gasteiger partial charge >= 0.3 is 0 Å². The highest BCUT2D eigenvalue weighted by atomic mass is 16.5. The lowest BCUT2D eigenvalue weighted by molar-refractivity contribution is -0.0318. The first-order chi connectivity index (χ1) is 8.44. The fourth-order valence-electron chi connectivity index (χ4n) is 2.63. The van der Waals surface area contributed by atoms with E-state index in [1.807, 2.05) is 0 Å². The fraction of sp³-hybridized carbons (Fsp3) is 0.625. The third-order valence-electron chi connectivity index (χ3n) is 4.24. The largest absolute Gasteiger partial charge is 0.390 e. The Bertz CT molecular complexity index is 411. The van der Waals surface area contributed by atoms with Crippen LogP contribution in [-0.4, -0.2) is 23.4 Å². The number of fused-ring (bicyclic) bond motifs is 1. The molecule has 100 valence electrons. The average molecular weight is 248 g/mol. The molecule has 1 aromatic rings. The van der Waals surface area contributed by atoms with Crippen LogP contribution in [0.4, 0.5) is 0 Å². The van der Waals surface area contributed by atoms with Crippen LogP contribution in [0.3, 0.4) is 0 Å². The maximum absolute atomic E-state index is 10.7. The Morgan fingerprint density at radius 2 is 1.94 bits per heavy atom. The van der Waals surface area contributed by atoms with Gasteiger partial charge in [0.2, 0.25) is 0 Å². The lowest BCUT2D eigenvalue weighted by atomic mass is 9.77. The molecule has 1 N–H and O–H groups in total. The summed E-state index contributed by atoms with van der Waals surface area (Å²) in [4.78, 5) is 0. The quantitative estimate of drug-likeness (QED) is 0.887. The molecule has 0 radical (unpaired) electrons. The first kappa shape index (κ1) is 13.6. The molecular weight excluding hydrogens is 224 g/mol. The summed E-state index contributed by atoms with van der Waals surface area (Å²) in [6.07, 6.45) is 4.33. The molecular formula is C16H24O2. The first-order valence-corrected chi connectivity index (χ1v) is 6.78. The predicted molar refractivity (Wildman–Crippen MR) is 73.7 cm³/mol. The number of aliphatic hydroxyl groups is 1. The number of rotatable bonds is 4. The Kier molecular flexibility index (Phi) is 3.79. The van der Waals surface area contributed by atoms with E-state index in [0.717, 1.165) is 32.1 Å². The summed E-state index contributed by atoms with van der Waals surface area (Å²) in [6, 6.07) is 8.45. The van der Waals surface area contributed by atoms with Gasteiger partial charge in [-0.2, -0.15) is 0 Å². The van der Waals surface area contributed by atoms with Crippen molar-refractivity contribution in [3.05, 3.63) is 35.4 Å². The van der Waals surface area contributed by atoms with Crippen LogP contribution >= 0.6 is 0 Å². The highest BCUT2D eigenvalue weighted by Gasteiger charge is 2.33. The molecule has 0 spiro atoms. The summed E-state index contributed by atoms with van der Waals surface area (Å²) in [7, 11) is 1.74. The summed E-state index contributed by atoms with van der Waals surface area (Å²) in [6.45, 7) is 4.15. The molecule has 2 rings (SSSR count). The van der Waals surface area contributed by atoms with Crippen LogP contribution < -0.4 is 0 Å². The Morgan fingerprint density at radius 1 is 1.28 bits per heavy atom. The third-order valence-corrected chi connectivity index (χ3v) is 4.24. The summed E-state index contributed by atoms with van der Waals surface area (Å²) in [5, 5.41) is 10.7. The predicted octanol–water partition coefficient (Wildman–Crippen LogP) is 3.11. The second-order valence-corrected chi connectivity index (χ2v) is 6.13. The Labute approximate surface area is 110 Å². The van der Waals surface area contributed by atoms with Crippen molar-refractivity contribution in [3.63, 3.8) is 0 Å². The molecule has 1 aromatic carbocycles. The van der Waals surface area contributed by atoms with Crippen molar-refractivity contribution in [1.82, 2.24) is 0 Å². The highest BCUT2D eigenvalue weighted by Crippen LogP contribution is 2.33. The smallest absolute Gasteiger partial charge is 0.0692 e. The van der Waals surface area contributed by atoms with E-state index in [2.05, 4.69) is 38.1 Å². The van der Waals surface area contributed by atoms with E-state index in [4.69, 9.17) is 4.74 Å². The van der Waals surface area contributed by atoms with Crippen LogP contribution in [0.15, 0.2) is 24.3 Å². The maximum Gasteiger partial charge on any atom is 0.0692 e. The van der Waals surface area contributed by atoms with E-state index in [-0.39, 0.29) is 5.60 Å². The Hall–Kier alpha value is -0.860. The molecule has 1 atom stereocenters. The molecule has 2 heteroatoms. The van der Waals surface area contributed by atoms with E-state index >= 15 is 0 Å². The van der Waals surface area contributed by atoms with Crippen LogP contribution in [0.25, 0.3) is 0 Å². The van der Waals surface area contributed by atoms with E-state index in [9.17, 15) is 5.11 Å². The third kappa shape index (κ3) is 3.12. The van der Waals surface area contributed by atoms with Crippen LogP contribution in [0.1, 0.15) is 44.2 Å². The van der Waals surface area contributed by atoms with Crippen LogP contribution in [0, 0.1) is 0 Å². The van der Waals surface area contributed by atoms with Crippen molar-refractivity contribution in [2.24, 2.45) is 0 Å². The molecule has 0 bridgehead atoms. The summed E-state index contributed by atoms with van der Waals surface area (Å²) in [5.41, 5.74) is 2.01. The molecule has 0 aromatic heterocycles. The van der Waals surface area contributed by atoms with Gasteiger partial charge in [-0.25, -0.2) is 0 Å². The van der Waals surface area contributed by atoms with E-state index in [1.54, 1.807) is 7.11 Å². The standard InChI is InChI=1S/C16H24O2/c1-15(2,18-3)10-11-16(17)9-8-13-6-4-5-7-14(13)12-16/h4-7,17H,8-12H2,1-3H3. The lowest BCUT2D eigenvalue weighted by Crippen LogP contribution is -2.38. The zero-order chi connectivity index (χ0) is 13.2. The molecule has 0 saturated heterocycles. The molecule has 1 unspecified atom stereocenters. The zero-order valence-electron chi connectivity index (χ0n) is 11.7. The molecule has 0 aliphatic heterocycles. The van der Waals surface area contributed by atoms with E-state index < -0.39 is 5.60 Å². The number of hydrogen-bond acceptors (Lipinski definition) is 2. The van der Waals surface area contributed by atoms with Gasteiger partial charge in [-0.3, -0.25) is 0 Å². The van der Waals surface area contributed by atoms with Gasteiger partial charge in [0, 0.05) is 13.5 Å². The van der Waals surface area contributed by atoms with Crippen molar-refractivity contribution >= 4 is 0 Å². The molecule has 2 nitrogen and oxygen atoms in total. The van der Waals surface area contributed by atoms with Crippen molar-refractivity contribution in [2.75, 3.05) is 7.11 Å². The zero-order valence-corrected chi connectivity index (χ0v) is 11.7. The van der Waals surface area contributed by atoms with Gasteiger partial charge in [0.25, 0.3) is 0 Å². The molecule has 0 fully saturated rings. The van der Waals surface area contributed by atoms with E-state index in [1.165, 1.54) is 11.1 Å². The van der Waals surface area contributed by atoms with Crippen molar-refractivity contribution in [1.29, 1.82) is 0 Å². The van der Waals surface area contributed by atoms with Crippen LogP contribution in [0.2, 0.25) is 0 Å². The molecule has 1 aliphatic rings. The minimum Gasteiger partial charge on any atom is -0.390 e. The Balaban J connectivity index is 2.02. The highest BCUT2D eigenvalue weighted by molar-refractivity contribution is 5.31. The normalized spacial score (nSPS) is 23.8. The van der Waals surface area contributed by atoms with Crippen molar-refractivity contribution < 1.29 is 9.84 Å². The average Bonchev–Trinajstić information content (AvgIpc) is 2.37. The van der Waals surface area contributed by atoms with Gasteiger partial charge in [0.1, 0.15) is 0 Å². The number of hydrogen-bond donors (Lipinski definition) is 1. The molecule has 0 saturated carbocycles. The number of benzene rings is 1. The summed E-state index contributed by atoms with van der Waals surface area (Å²) < 4.78 is 5.43. The Morgan fingerprint density at radius 3 is 2.61 bits per heavy atom. The lowest BCUT2D eigenvalue weighted by Gasteiger charge is -2.36. The van der Waals surface area contributed by atoms with Gasteiger partial charge in [0.15, 0.2) is 0 Å².